The van der Waals surface area contributed by atoms with Gasteiger partial charge in [0.2, 0.25) is 0 Å². The van der Waals surface area contributed by atoms with Gasteiger partial charge in [0.25, 0.3) is 0 Å². The van der Waals surface area contributed by atoms with Crippen molar-refractivity contribution in [2.45, 2.75) is 30.6 Å². The summed E-state index contributed by atoms with van der Waals surface area (Å²) >= 11 is 0. The van der Waals surface area contributed by atoms with Crippen molar-refractivity contribution in [3.05, 3.63) is 23.3 Å². The number of hydrogen-bond acceptors (Lipinski definition) is 4. The lowest BCUT2D eigenvalue weighted by Crippen LogP contribution is -2.29. The summed E-state index contributed by atoms with van der Waals surface area (Å²) in [5.41, 5.74) is 1.34. The van der Waals surface area contributed by atoms with E-state index in [1.807, 2.05) is 0 Å². The zero-order chi connectivity index (χ0) is 13.3. The lowest BCUT2D eigenvalue weighted by atomic mass is 9.91. The van der Waals surface area contributed by atoms with Gasteiger partial charge in [0, 0.05) is 12.8 Å². The van der Waals surface area contributed by atoms with Crippen LogP contribution >= 0.6 is 0 Å². The molecule has 2 N–H and O–H groups in total. The Morgan fingerprint density at radius 2 is 2.11 bits per heavy atom. The van der Waals surface area contributed by atoms with E-state index in [0.29, 0.717) is 10.5 Å². The molecule has 0 amide bonds. The maximum Gasteiger partial charge on any atom is 0.175 e. The predicted molar refractivity (Wildman–Crippen MR) is 70.8 cm³/mol. The molecule has 4 nitrogen and oxygen atoms in total. The second kappa shape index (κ2) is 4.90. The average Bonchev–Trinajstić information content (AvgIpc) is 2.32. The number of piperidine rings is 1. The number of benzene rings is 1. The number of rotatable bonds is 2. The van der Waals surface area contributed by atoms with Gasteiger partial charge in [-0.1, -0.05) is 0 Å². The molecule has 1 aliphatic heterocycles. The maximum absolute atomic E-state index is 11.9. The number of phenolic OH excluding ortho intramolecular Hbond substituents is 1. The Kier molecular flexibility index (Phi) is 3.64. The third kappa shape index (κ3) is 2.67. The predicted octanol–water partition coefficient (Wildman–Crippen LogP) is 1.57. The quantitative estimate of drug-likeness (QED) is 0.855. The van der Waals surface area contributed by atoms with E-state index in [4.69, 9.17) is 0 Å². The van der Waals surface area contributed by atoms with Crippen LogP contribution in [0.5, 0.6) is 5.75 Å². The second-order valence-corrected chi connectivity index (χ2v) is 6.98. The average molecular weight is 269 g/mol. The third-order valence-electron chi connectivity index (χ3n) is 3.46. The van der Waals surface area contributed by atoms with Crippen LogP contribution in [0.1, 0.15) is 29.9 Å². The summed E-state index contributed by atoms with van der Waals surface area (Å²) in [5, 5.41) is 13.1. The minimum absolute atomic E-state index is 0.162. The van der Waals surface area contributed by atoms with Gasteiger partial charge in [-0.2, -0.15) is 0 Å². The van der Waals surface area contributed by atoms with Crippen LogP contribution in [-0.4, -0.2) is 32.9 Å². The van der Waals surface area contributed by atoms with Gasteiger partial charge in [-0.05, 0) is 55.5 Å². The molecule has 2 rings (SSSR count). The Bertz CT molecular complexity index is 546. The highest BCUT2D eigenvalue weighted by molar-refractivity contribution is 7.90. The van der Waals surface area contributed by atoms with Gasteiger partial charge in [-0.25, -0.2) is 8.42 Å². The van der Waals surface area contributed by atoms with E-state index in [0.717, 1.165) is 31.5 Å². The van der Waals surface area contributed by atoms with E-state index in [-0.39, 0.29) is 11.7 Å². The summed E-state index contributed by atoms with van der Waals surface area (Å²) in [6.07, 6.45) is 3.21. The summed E-state index contributed by atoms with van der Waals surface area (Å²) < 4.78 is 23.7. The normalized spacial score (nSPS) is 20.9. The zero-order valence-electron chi connectivity index (χ0n) is 10.7. The molecule has 5 heteroatoms. The van der Waals surface area contributed by atoms with Gasteiger partial charge < -0.3 is 10.4 Å². The lowest BCUT2D eigenvalue weighted by molar-refractivity contribution is 0.446. The number of aryl methyl sites for hydroxylation is 1. The molecule has 0 saturated carbocycles. The molecular formula is C13H19NO3S. The number of hydrogen-bond donors (Lipinski definition) is 2. The van der Waals surface area contributed by atoms with Crippen molar-refractivity contribution in [1.29, 1.82) is 0 Å². The molecule has 1 aromatic carbocycles. The van der Waals surface area contributed by atoms with E-state index in [9.17, 15) is 13.5 Å². The van der Waals surface area contributed by atoms with E-state index < -0.39 is 9.84 Å². The van der Waals surface area contributed by atoms with Crippen molar-refractivity contribution < 1.29 is 13.5 Å². The van der Waals surface area contributed by atoms with E-state index in [1.54, 1.807) is 19.1 Å². The molecule has 1 heterocycles. The Balaban J connectivity index is 2.53. The minimum atomic E-state index is -3.26. The summed E-state index contributed by atoms with van der Waals surface area (Å²) in [6, 6.07) is 3.19. The van der Waals surface area contributed by atoms with Crippen LogP contribution in [-0.2, 0) is 9.84 Å². The van der Waals surface area contributed by atoms with Crippen LogP contribution in [0.2, 0.25) is 0 Å². The molecule has 0 aromatic heterocycles. The first-order valence-corrected chi connectivity index (χ1v) is 8.03. The van der Waals surface area contributed by atoms with Crippen molar-refractivity contribution in [3.8, 4) is 5.75 Å². The van der Waals surface area contributed by atoms with Crippen LogP contribution < -0.4 is 5.32 Å². The molecule has 100 valence electrons. The Hall–Kier alpha value is -1.07. The first-order valence-electron chi connectivity index (χ1n) is 6.14. The van der Waals surface area contributed by atoms with Crippen molar-refractivity contribution in [2.24, 2.45) is 0 Å². The molecule has 1 saturated heterocycles. The summed E-state index contributed by atoms with van der Waals surface area (Å²) in [7, 11) is -3.26. The number of phenols is 1. The Labute approximate surface area is 108 Å². The SMILES string of the molecule is Cc1cc(S(C)(=O)=O)c(C2CCCNC2)cc1O. The van der Waals surface area contributed by atoms with Gasteiger partial charge >= 0.3 is 0 Å². The van der Waals surface area contributed by atoms with Gasteiger partial charge in [0.1, 0.15) is 5.75 Å². The van der Waals surface area contributed by atoms with Crippen molar-refractivity contribution in [2.75, 3.05) is 19.3 Å². The molecule has 1 aromatic rings. The molecular weight excluding hydrogens is 250 g/mol. The first-order chi connectivity index (χ1) is 8.39. The fraction of sp³-hybridized carbons (Fsp3) is 0.538. The molecule has 0 aliphatic carbocycles. The van der Waals surface area contributed by atoms with E-state index >= 15 is 0 Å². The molecule has 18 heavy (non-hydrogen) atoms. The van der Waals surface area contributed by atoms with Crippen LogP contribution in [0.3, 0.4) is 0 Å². The highest BCUT2D eigenvalue weighted by Crippen LogP contribution is 2.33. The first kappa shape index (κ1) is 13.4. The van der Waals surface area contributed by atoms with Gasteiger partial charge in [0.05, 0.1) is 4.90 Å². The Morgan fingerprint density at radius 1 is 1.39 bits per heavy atom. The number of sulfone groups is 1. The maximum atomic E-state index is 11.9. The standard InChI is InChI=1S/C13H19NO3S/c1-9-6-13(18(2,16)17)11(7-12(9)15)10-4-3-5-14-8-10/h6-7,10,14-15H,3-5,8H2,1-2H3. The molecule has 1 fully saturated rings. The second-order valence-electron chi connectivity index (χ2n) is 4.99. The molecule has 1 atom stereocenters. The topological polar surface area (TPSA) is 66.4 Å². The minimum Gasteiger partial charge on any atom is -0.508 e. The van der Waals surface area contributed by atoms with Crippen molar-refractivity contribution >= 4 is 9.84 Å². The van der Waals surface area contributed by atoms with E-state index in [2.05, 4.69) is 5.32 Å². The van der Waals surface area contributed by atoms with Gasteiger partial charge in [-0.3, -0.25) is 0 Å². The number of nitrogens with one attached hydrogen (secondary N) is 1. The lowest BCUT2D eigenvalue weighted by Gasteiger charge is -2.25. The molecule has 1 unspecified atom stereocenters. The summed E-state index contributed by atoms with van der Waals surface area (Å²) in [5.74, 6) is 0.331. The highest BCUT2D eigenvalue weighted by Gasteiger charge is 2.23. The van der Waals surface area contributed by atoms with E-state index in [1.165, 1.54) is 6.26 Å². The summed E-state index contributed by atoms with van der Waals surface area (Å²) in [4.78, 5) is 0.353. The molecule has 0 bridgehead atoms. The molecule has 0 radical (unpaired) electrons. The zero-order valence-corrected chi connectivity index (χ0v) is 11.5. The fourth-order valence-electron chi connectivity index (χ4n) is 2.44. The van der Waals surface area contributed by atoms with Crippen molar-refractivity contribution in [1.82, 2.24) is 5.32 Å². The monoisotopic (exact) mass is 269 g/mol. The smallest absolute Gasteiger partial charge is 0.175 e. The fourth-order valence-corrected chi connectivity index (χ4v) is 3.49. The number of aromatic hydroxyl groups is 1. The third-order valence-corrected chi connectivity index (χ3v) is 4.62. The van der Waals surface area contributed by atoms with Crippen LogP contribution in [0, 0.1) is 6.92 Å². The van der Waals surface area contributed by atoms with Gasteiger partial charge in [-0.15, -0.1) is 0 Å². The van der Waals surface area contributed by atoms with Crippen LogP contribution in [0.15, 0.2) is 17.0 Å². The molecule has 1 aliphatic rings. The molecule has 0 spiro atoms. The van der Waals surface area contributed by atoms with Gasteiger partial charge in [0.15, 0.2) is 9.84 Å². The largest absolute Gasteiger partial charge is 0.508 e. The van der Waals surface area contributed by atoms with Crippen LogP contribution in [0.4, 0.5) is 0 Å². The Morgan fingerprint density at radius 3 is 2.67 bits per heavy atom. The summed E-state index contributed by atoms with van der Waals surface area (Å²) in [6.45, 7) is 3.46. The van der Waals surface area contributed by atoms with Crippen molar-refractivity contribution in [3.63, 3.8) is 0 Å². The highest BCUT2D eigenvalue weighted by atomic mass is 32.2. The van der Waals surface area contributed by atoms with Crippen LogP contribution in [0.25, 0.3) is 0 Å².